The van der Waals surface area contributed by atoms with Gasteiger partial charge in [-0.1, -0.05) is 91.8 Å². The summed E-state index contributed by atoms with van der Waals surface area (Å²) in [4.78, 5) is 0. The van der Waals surface area contributed by atoms with Crippen LogP contribution in [0.3, 0.4) is 0 Å². The molecule has 190 valence electrons. The van der Waals surface area contributed by atoms with Crippen LogP contribution in [0.2, 0.25) is 0 Å². The summed E-state index contributed by atoms with van der Waals surface area (Å²) in [6, 6.07) is 9.96. The van der Waals surface area contributed by atoms with Crippen molar-refractivity contribution >= 4 is 11.4 Å². The smallest absolute Gasteiger partial charge is 0.382 e. The maximum atomic E-state index is 14.3. The molecule has 34 heavy (non-hydrogen) atoms. The number of halogens is 3. The predicted molar refractivity (Wildman–Crippen MR) is 140 cm³/mol. The molecular formula is C29H43F3N2. The van der Waals surface area contributed by atoms with Crippen molar-refractivity contribution in [1.82, 2.24) is 0 Å². The van der Waals surface area contributed by atoms with E-state index in [1.807, 2.05) is 58.9 Å². The highest BCUT2D eigenvalue weighted by atomic mass is 19.4. The fourth-order valence-electron chi connectivity index (χ4n) is 4.54. The highest BCUT2D eigenvalue weighted by Gasteiger charge is 2.41. The van der Waals surface area contributed by atoms with Crippen molar-refractivity contribution in [3.05, 3.63) is 58.7 Å². The molecule has 2 aromatic carbocycles. The van der Waals surface area contributed by atoms with Gasteiger partial charge in [0.2, 0.25) is 0 Å². The van der Waals surface area contributed by atoms with Gasteiger partial charge in [-0.15, -0.1) is 0 Å². The molecule has 0 fully saturated rings. The van der Waals surface area contributed by atoms with E-state index in [1.54, 1.807) is 0 Å². The molecule has 5 heteroatoms. The van der Waals surface area contributed by atoms with Crippen LogP contribution in [0.25, 0.3) is 0 Å². The number of hydrogen-bond acceptors (Lipinski definition) is 2. The van der Waals surface area contributed by atoms with E-state index < -0.39 is 12.2 Å². The lowest BCUT2D eigenvalue weighted by atomic mass is 9.91. The Morgan fingerprint density at radius 3 is 1.21 bits per heavy atom. The van der Waals surface area contributed by atoms with Crippen LogP contribution in [0.5, 0.6) is 0 Å². The molecule has 2 N–H and O–H groups in total. The summed E-state index contributed by atoms with van der Waals surface area (Å²) < 4.78 is 42.9. The molecule has 2 atom stereocenters. The predicted octanol–water partition coefficient (Wildman–Crippen LogP) is 9.41. The monoisotopic (exact) mass is 476 g/mol. The molecule has 0 saturated heterocycles. The normalized spacial score (nSPS) is 14.2. The molecule has 0 amide bonds. The van der Waals surface area contributed by atoms with Crippen molar-refractivity contribution in [2.24, 2.45) is 0 Å². The fourth-order valence-corrected chi connectivity index (χ4v) is 4.54. The third kappa shape index (κ3) is 6.93. The van der Waals surface area contributed by atoms with Gasteiger partial charge in [-0.25, -0.2) is 0 Å². The molecule has 0 aliphatic carbocycles. The first-order valence-electron chi connectivity index (χ1n) is 12.6. The van der Waals surface area contributed by atoms with Gasteiger partial charge in [0.05, 0.1) is 0 Å². The van der Waals surface area contributed by atoms with Gasteiger partial charge in [-0.2, -0.15) is 13.2 Å². The molecule has 0 radical (unpaired) electrons. The zero-order valence-corrected chi connectivity index (χ0v) is 22.3. The zero-order chi connectivity index (χ0) is 25.8. The molecule has 0 heterocycles. The molecule has 0 saturated carbocycles. The van der Waals surface area contributed by atoms with Gasteiger partial charge in [0.15, 0.2) is 0 Å². The first-order chi connectivity index (χ1) is 15.7. The minimum Gasteiger partial charge on any atom is -0.382 e. The van der Waals surface area contributed by atoms with E-state index in [0.717, 1.165) is 27.9 Å². The lowest BCUT2D eigenvalue weighted by molar-refractivity contribution is -0.144. The van der Waals surface area contributed by atoms with Crippen molar-refractivity contribution in [3.8, 4) is 0 Å². The fraction of sp³-hybridized carbons (Fsp3) is 0.586. The van der Waals surface area contributed by atoms with E-state index in [1.165, 1.54) is 0 Å². The van der Waals surface area contributed by atoms with E-state index in [4.69, 9.17) is 0 Å². The second-order valence-corrected chi connectivity index (χ2v) is 10.8. The first-order valence-corrected chi connectivity index (χ1v) is 12.6. The Hall–Kier alpha value is -2.17. The van der Waals surface area contributed by atoms with Crippen LogP contribution in [0.4, 0.5) is 24.5 Å². The summed E-state index contributed by atoms with van der Waals surface area (Å²) >= 11 is 0. The highest BCUT2D eigenvalue weighted by molar-refractivity contribution is 5.62. The molecular weight excluding hydrogens is 433 g/mol. The second kappa shape index (κ2) is 11.5. The maximum absolute atomic E-state index is 14.3. The van der Waals surface area contributed by atoms with Crippen molar-refractivity contribution < 1.29 is 13.2 Å². The third-order valence-corrected chi connectivity index (χ3v) is 6.44. The molecule has 0 spiro atoms. The number of anilines is 2. The SMILES string of the molecule is CC(CC(Nc1c(C(C)C)cccc1C(C)C)C(F)(F)F)Nc1c(C(C)C)cccc1C(C)C. The van der Waals surface area contributed by atoms with Crippen LogP contribution < -0.4 is 10.6 Å². The van der Waals surface area contributed by atoms with E-state index >= 15 is 0 Å². The summed E-state index contributed by atoms with van der Waals surface area (Å²) in [5.74, 6) is 0.794. The van der Waals surface area contributed by atoms with Crippen molar-refractivity contribution in [2.75, 3.05) is 10.6 Å². The number of benzene rings is 2. The molecule has 2 nitrogen and oxygen atoms in total. The average molecular weight is 477 g/mol. The molecule has 2 unspecified atom stereocenters. The highest BCUT2D eigenvalue weighted by Crippen LogP contribution is 2.37. The summed E-state index contributed by atoms with van der Waals surface area (Å²) in [7, 11) is 0. The molecule has 0 aliphatic rings. The average Bonchev–Trinajstić information content (AvgIpc) is 2.72. The number of alkyl halides is 3. The standard InChI is InChI=1S/C29H43F3N2/c1-17(2)22-12-10-13-23(18(3)4)27(22)33-21(9)16-26(29(30,31)32)34-28-24(19(5)6)14-11-15-25(28)20(7)8/h10-15,17-21,26,33-34H,16H2,1-9H3. The first kappa shape index (κ1) is 28.1. The van der Waals surface area contributed by atoms with Gasteiger partial charge in [0.1, 0.15) is 6.04 Å². The largest absolute Gasteiger partial charge is 0.408 e. The van der Waals surface area contributed by atoms with Gasteiger partial charge in [0, 0.05) is 17.4 Å². The Morgan fingerprint density at radius 1 is 0.588 bits per heavy atom. The van der Waals surface area contributed by atoms with Gasteiger partial charge < -0.3 is 10.6 Å². The Kier molecular flexibility index (Phi) is 9.50. The second-order valence-electron chi connectivity index (χ2n) is 10.8. The maximum Gasteiger partial charge on any atom is 0.408 e. The lowest BCUT2D eigenvalue weighted by Gasteiger charge is -2.31. The van der Waals surface area contributed by atoms with Gasteiger partial charge >= 0.3 is 6.18 Å². The van der Waals surface area contributed by atoms with Crippen molar-refractivity contribution in [3.63, 3.8) is 0 Å². The van der Waals surface area contributed by atoms with Gasteiger partial charge in [0.25, 0.3) is 0 Å². The van der Waals surface area contributed by atoms with Crippen LogP contribution in [0.15, 0.2) is 36.4 Å². The Morgan fingerprint density at radius 2 is 0.912 bits per heavy atom. The topological polar surface area (TPSA) is 24.1 Å². The van der Waals surface area contributed by atoms with Crippen LogP contribution in [0.1, 0.15) is 115 Å². The minimum atomic E-state index is -4.37. The number of rotatable bonds is 10. The number of nitrogens with one attached hydrogen (secondary N) is 2. The summed E-state index contributed by atoms with van der Waals surface area (Å²) in [6.07, 6.45) is -4.44. The summed E-state index contributed by atoms with van der Waals surface area (Å²) in [6.45, 7) is 18.4. The zero-order valence-electron chi connectivity index (χ0n) is 22.3. The minimum absolute atomic E-state index is 0.0720. The van der Waals surface area contributed by atoms with Crippen molar-refractivity contribution in [1.29, 1.82) is 0 Å². The molecule has 0 aliphatic heterocycles. The quantitative estimate of drug-likeness (QED) is 0.357. The van der Waals surface area contributed by atoms with E-state index in [-0.39, 0.29) is 36.1 Å². The van der Waals surface area contributed by atoms with E-state index in [0.29, 0.717) is 5.69 Å². The van der Waals surface area contributed by atoms with E-state index in [2.05, 4.69) is 50.5 Å². The molecule has 2 aromatic rings. The lowest BCUT2D eigenvalue weighted by Crippen LogP contribution is -2.41. The third-order valence-electron chi connectivity index (χ3n) is 6.44. The van der Waals surface area contributed by atoms with Crippen LogP contribution in [-0.2, 0) is 0 Å². The number of hydrogen-bond donors (Lipinski definition) is 2. The molecule has 0 bridgehead atoms. The molecule has 0 aromatic heterocycles. The van der Waals surface area contributed by atoms with Crippen molar-refractivity contribution in [2.45, 2.75) is 111 Å². The van der Waals surface area contributed by atoms with Crippen LogP contribution in [-0.4, -0.2) is 18.3 Å². The Balaban J connectivity index is 2.40. The van der Waals surface area contributed by atoms with Crippen LogP contribution >= 0.6 is 0 Å². The molecule has 2 rings (SSSR count). The Bertz CT molecular complexity index is 877. The Labute approximate surface area is 204 Å². The summed E-state index contributed by atoms with van der Waals surface area (Å²) in [5, 5.41) is 6.41. The summed E-state index contributed by atoms with van der Waals surface area (Å²) in [5.41, 5.74) is 5.74. The van der Waals surface area contributed by atoms with Crippen LogP contribution in [0, 0.1) is 0 Å². The van der Waals surface area contributed by atoms with Gasteiger partial charge in [-0.05, 0) is 59.3 Å². The van der Waals surface area contributed by atoms with E-state index in [9.17, 15) is 13.2 Å². The van der Waals surface area contributed by atoms with Gasteiger partial charge in [-0.3, -0.25) is 0 Å². The number of para-hydroxylation sites is 2.